The fraction of sp³-hybridized carbons (Fsp3) is 0.316. The molecule has 1 aliphatic rings. The summed E-state index contributed by atoms with van der Waals surface area (Å²) in [4.78, 5) is 14.7. The molecule has 3 rings (SSSR count). The molecule has 0 N–H and O–H groups in total. The Hall–Kier alpha value is -1.47. The van der Waals surface area contributed by atoms with Gasteiger partial charge < -0.3 is 9.64 Å². The van der Waals surface area contributed by atoms with Crippen molar-refractivity contribution in [3.05, 3.63) is 69.0 Å². The topological polar surface area (TPSA) is 29.5 Å². The predicted molar refractivity (Wildman–Crippen MR) is 99.4 cm³/mol. The van der Waals surface area contributed by atoms with Crippen LogP contribution in [-0.2, 0) is 4.74 Å². The summed E-state index contributed by atoms with van der Waals surface area (Å²) in [7, 11) is 0. The van der Waals surface area contributed by atoms with Gasteiger partial charge in [-0.2, -0.15) is 0 Å². The number of nitrogens with zero attached hydrogens (tertiary/aromatic N) is 1. The molecule has 0 aromatic heterocycles. The van der Waals surface area contributed by atoms with Crippen molar-refractivity contribution in [1.29, 1.82) is 0 Å². The summed E-state index contributed by atoms with van der Waals surface area (Å²) >= 11 is 1.92. The number of morpholine rings is 1. The molecule has 24 heavy (non-hydrogen) atoms. The Bertz CT molecular complexity index is 748. The van der Waals surface area contributed by atoms with Gasteiger partial charge in [-0.3, -0.25) is 4.79 Å². The Morgan fingerprint density at radius 3 is 2.62 bits per heavy atom. The molecule has 0 spiro atoms. The van der Waals surface area contributed by atoms with E-state index < -0.39 is 5.54 Å². The molecule has 1 atom stereocenters. The van der Waals surface area contributed by atoms with Crippen LogP contribution in [0.3, 0.4) is 0 Å². The molecule has 1 heterocycles. The first-order valence-electron chi connectivity index (χ1n) is 7.82. The maximum absolute atomic E-state index is 13.8. The molecule has 0 bridgehead atoms. The second-order valence-electron chi connectivity index (χ2n) is 6.57. The van der Waals surface area contributed by atoms with Crippen LogP contribution >= 0.6 is 22.6 Å². The maximum Gasteiger partial charge on any atom is 0.254 e. The van der Waals surface area contributed by atoms with E-state index in [2.05, 4.69) is 0 Å². The number of rotatable bonds is 2. The van der Waals surface area contributed by atoms with E-state index in [-0.39, 0.29) is 17.8 Å². The first-order valence-corrected chi connectivity index (χ1v) is 8.90. The molecule has 1 amide bonds. The molecule has 2 aromatic rings. The molecule has 1 fully saturated rings. The van der Waals surface area contributed by atoms with Crippen molar-refractivity contribution >= 4 is 28.5 Å². The number of carbonyl (C=O) groups is 1. The number of hydrogen-bond acceptors (Lipinski definition) is 2. The van der Waals surface area contributed by atoms with Crippen molar-refractivity contribution in [3.63, 3.8) is 0 Å². The van der Waals surface area contributed by atoms with Gasteiger partial charge in [0, 0.05) is 9.13 Å². The molecule has 3 nitrogen and oxygen atoms in total. The van der Waals surface area contributed by atoms with E-state index in [1.165, 1.54) is 6.07 Å². The number of carbonyl (C=O) groups excluding carboxylic acids is 1. The lowest BCUT2D eigenvalue weighted by atomic mass is 9.97. The molecule has 1 aliphatic heterocycles. The van der Waals surface area contributed by atoms with Crippen molar-refractivity contribution in [2.24, 2.45) is 0 Å². The van der Waals surface area contributed by atoms with Crippen molar-refractivity contribution in [1.82, 2.24) is 4.90 Å². The summed E-state index contributed by atoms with van der Waals surface area (Å²) in [6.45, 7) is 4.82. The smallest absolute Gasteiger partial charge is 0.254 e. The van der Waals surface area contributed by atoms with Crippen molar-refractivity contribution in [2.45, 2.75) is 25.5 Å². The minimum Gasteiger partial charge on any atom is -0.369 e. The molecule has 1 unspecified atom stereocenters. The molecular weight excluding hydrogens is 420 g/mol. The van der Waals surface area contributed by atoms with Crippen LogP contribution in [0.2, 0.25) is 0 Å². The summed E-state index contributed by atoms with van der Waals surface area (Å²) in [6, 6.07) is 14.5. The lowest BCUT2D eigenvalue weighted by Gasteiger charge is -2.45. The molecule has 0 saturated carbocycles. The normalized spacial score (nSPS) is 20.0. The minimum atomic E-state index is -0.443. The molecule has 0 aliphatic carbocycles. The highest BCUT2D eigenvalue weighted by molar-refractivity contribution is 14.1. The Morgan fingerprint density at radius 1 is 1.25 bits per heavy atom. The SMILES string of the molecule is CC1(C)COC(c2ccccc2)CN1C(=O)c1ccc(I)c(F)c1. The van der Waals surface area contributed by atoms with Crippen molar-refractivity contribution in [2.75, 3.05) is 13.2 Å². The largest absolute Gasteiger partial charge is 0.369 e. The van der Waals surface area contributed by atoms with E-state index >= 15 is 0 Å². The van der Waals surface area contributed by atoms with Gasteiger partial charge in [0.05, 0.1) is 18.7 Å². The zero-order valence-corrected chi connectivity index (χ0v) is 15.8. The maximum atomic E-state index is 13.8. The second kappa shape index (κ2) is 6.80. The number of amides is 1. The van der Waals surface area contributed by atoms with Crippen LogP contribution in [0.15, 0.2) is 48.5 Å². The van der Waals surface area contributed by atoms with E-state index in [1.54, 1.807) is 17.0 Å². The van der Waals surface area contributed by atoms with Crippen LogP contribution in [0.25, 0.3) is 0 Å². The van der Waals surface area contributed by atoms with Gasteiger partial charge in [0.2, 0.25) is 0 Å². The fourth-order valence-corrected chi connectivity index (χ4v) is 3.20. The Balaban J connectivity index is 1.88. The quantitative estimate of drug-likeness (QED) is 0.649. The van der Waals surface area contributed by atoms with Crippen molar-refractivity contribution in [3.8, 4) is 0 Å². The second-order valence-corrected chi connectivity index (χ2v) is 7.73. The number of benzene rings is 2. The van der Waals surface area contributed by atoms with Gasteiger partial charge >= 0.3 is 0 Å². The minimum absolute atomic E-state index is 0.167. The van der Waals surface area contributed by atoms with E-state index in [4.69, 9.17) is 4.74 Å². The zero-order valence-electron chi connectivity index (χ0n) is 13.6. The van der Waals surface area contributed by atoms with Crippen LogP contribution in [0.5, 0.6) is 0 Å². The fourth-order valence-electron chi connectivity index (χ4n) is 2.86. The number of halogens is 2. The summed E-state index contributed by atoms with van der Waals surface area (Å²) in [5.41, 5.74) is 0.969. The summed E-state index contributed by atoms with van der Waals surface area (Å²) in [5, 5.41) is 0. The van der Waals surface area contributed by atoms with Gasteiger partial charge in [-0.1, -0.05) is 30.3 Å². The van der Waals surface area contributed by atoms with Crippen LogP contribution < -0.4 is 0 Å². The first-order chi connectivity index (χ1) is 11.4. The average Bonchev–Trinajstić information content (AvgIpc) is 2.57. The molecule has 126 valence electrons. The van der Waals surface area contributed by atoms with Gasteiger partial charge in [-0.15, -0.1) is 0 Å². The third-order valence-electron chi connectivity index (χ3n) is 4.30. The average molecular weight is 439 g/mol. The Kier molecular flexibility index (Phi) is 4.92. The molecular formula is C19H19FINO2. The van der Waals surface area contributed by atoms with E-state index in [0.29, 0.717) is 22.3 Å². The van der Waals surface area contributed by atoms with Gasteiger partial charge in [0.15, 0.2) is 0 Å². The van der Waals surface area contributed by atoms with Crippen molar-refractivity contribution < 1.29 is 13.9 Å². The highest BCUT2D eigenvalue weighted by atomic mass is 127. The third kappa shape index (κ3) is 3.47. The van der Waals surface area contributed by atoms with Gasteiger partial charge in [0.25, 0.3) is 5.91 Å². The van der Waals surface area contributed by atoms with E-state index in [0.717, 1.165) is 5.56 Å². The Labute approximate surface area is 154 Å². The summed E-state index contributed by atoms with van der Waals surface area (Å²) < 4.78 is 20.3. The first kappa shape index (κ1) is 17.4. The molecule has 0 radical (unpaired) electrons. The lowest BCUT2D eigenvalue weighted by Crippen LogP contribution is -2.56. The number of hydrogen-bond donors (Lipinski definition) is 0. The van der Waals surface area contributed by atoms with E-state index in [1.807, 2.05) is 66.8 Å². The van der Waals surface area contributed by atoms with Gasteiger partial charge in [-0.05, 0) is 60.2 Å². The predicted octanol–water partition coefficient (Wildman–Crippen LogP) is 4.42. The van der Waals surface area contributed by atoms with Crippen LogP contribution in [0, 0.1) is 9.39 Å². The lowest BCUT2D eigenvalue weighted by molar-refractivity contribution is -0.0846. The molecule has 5 heteroatoms. The standard InChI is InChI=1S/C19H19FINO2/c1-19(2)12-24-17(13-6-4-3-5-7-13)11-22(19)18(23)14-8-9-16(21)15(20)10-14/h3-10,17H,11-12H2,1-2H3. The highest BCUT2D eigenvalue weighted by Gasteiger charge is 2.39. The van der Waals surface area contributed by atoms with Crippen LogP contribution in [0.4, 0.5) is 4.39 Å². The van der Waals surface area contributed by atoms with Gasteiger partial charge in [0.1, 0.15) is 11.9 Å². The van der Waals surface area contributed by atoms with Gasteiger partial charge in [-0.25, -0.2) is 4.39 Å². The zero-order chi connectivity index (χ0) is 17.3. The van der Waals surface area contributed by atoms with Crippen LogP contribution in [0.1, 0.15) is 35.9 Å². The van der Waals surface area contributed by atoms with Crippen LogP contribution in [-0.4, -0.2) is 29.5 Å². The highest BCUT2D eigenvalue weighted by Crippen LogP contribution is 2.31. The third-order valence-corrected chi connectivity index (χ3v) is 5.17. The Morgan fingerprint density at radius 2 is 1.96 bits per heavy atom. The molecule has 1 saturated heterocycles. The molecule has 2 aromatic carbocycles. The summed E-state index contributed by atoms with van der Waals surface area (Å²) in [5.74, 6) is -0.536. The van der Waals surface area contributed by atoms with E-state index in [9.17, 15) is 9.18 Å². The number of ether oxygens (including phenoxy) is 1. The summed E-state index contributed by atoms with van der Waals surface area (Å²) in [6.07, 6.45) is -0.170. The monoisotopic (exact) mass is 439 g/mol.